The summed E-state index contributed by atoms with van der Waals surface area (Å²) in [6.07, 6.45) is 5.32. The second kappa shape index (κ2) is 9.20. The molecule has 2 aromatic heterocycles. The number of carbonyl (C=O) groups is 2. The summed E-state index contributed by atoms with van der Waals surface area (Å²) in [4.78, 5) is 33.6. The highest BCUT2D eigenvalue weighted by molar-refractivity contribution is 5.80. The molecule has 0 saturated carbocycles. The van der Waals surface area contributed by atoms with Crippen molar-refractivity contribution in [1.29, 1.82) is 0 Å². The van der Waals surface area contributed by atoms with Gasteiger partial charge in [-0.05, 0) is 42.7 Å². The van der Waals surface area contributed by atoms with Crippen LogP contribution in [0.15, 0.2) is 48.8 Å². The van der Waals surface area contributed by atoms with Gasteiger partial charge in [0.05, 0.1) is 19.2 Å². The molecular formula is C24H28N4O3. The van der Waals surface area contributed by atoms with Crippen LogP contribution >= 0.6 is 0 Å². The minimum atomic E-state index is 0.0615. The van der Waals surface area contributed by atoms with E-state index in [4.69, 9.17) is 4.74 Å². The molecule has 7 nitrogen and oxygen atoms in total. The van der Waals surface area contributed by atoms with Gasteiger partial charge in [-0.25, -0.2) is 4.98 Å². The molecule has 2 amide bonds. The highest BCUT2D eigenvalue weighted by Gasteiger charge is 2.24. The van der Waals surface area contributed by atoms with Gasteiger partial charge in [-0.3, -0.25) is 9.59 Å². The topological polar surface area (TPSA) is 67.2 Å². The number of ether oxygens (including phenoxy) is 1. The van der Waals surface area contributed by atoms with E-state index in [0.717, 1.165) is 28.2 Å². The zero-order valence-electron chi connectivity index (χ0n) is 18.1. The van der Waals surface area contributed by atoms with Crippen molar-refractivity contribution in [2.75, 3.05) is 33.3 Å². The highest BCUT2D eigenvalue weighted by atomic mass is 16.5. The number of aromatic nitrogens is 2. The lowest BCUT2D eigenvalue weighted by atomic mass is 10.1. The molecule has 7 heteroatoms. The first-order valence-electron chi connectivity index (χ1n) is 10.6. The fourth-order valence-corrected chi connectivity index (χ4v) is 3.96. The Morgan fingerprint density at radius 2 is 1.68 bits per heavy atom. The standard InChI is InChI=1S/C24H28N4O3/c1-18-4-3-11-28-17-20(25-24(18)28)16-23(30)27-14-12-26(13-15-27)22(29)10-7-19-5-8-21(31-2)9-6-19/h3-6,8-9,11,17H,7,10,12-16H2,1-2H3. The summed E-state index contributed by atoms with van der Waals surface area (Å²) in [5.41, 5.74) is 3.86. The number of aryl methyl sites for hydroxylation is 2. The predicted octanol–water partition coefficient (Wildman–Crippen LogP) is 2.50. The fourth-order valence-electron chi connectivity index (χ4n) is 3.96. The molecule has 3 heterocycles. The van der Waals surface area contributed by atoms with Crippen molar-refractivity contribution in [3.63, 3.8) is 0 Å². The number of pyridine rings is 1. The zero-order valence-corrected chi connectivity index (χ0v) is 18.1. The van der Waals surface area contributed by atoms with Crippen molar-refractivity contribution < 1.29 is 14.3 Å². The number of nitrogens with zero attached hydrogens (tertiary/aromatic N) is 4. The van der Waals surface area contributed by atoms with Crippen molar-refractivity contribution in [1.82, 2.24) is 19.2 Å². The SMILES string of the molecule is COc1ccc(CCC(=O)N2CCN(C(=O)Cc3cn4cccc(C)c4n3)CC2)cc1. The maximum Gasteiger partial charge on any atom is 0.228 e. The van der Waals surface area contributed by atoms with Gasteiger partial charge in [-0.15, -0.1) is 0 Å². The molecule has 0 spiro atoms. The lowest BCUT2D eigenvalue weighted by Crippen LogP contribution is -2.51. The van der Waals surface area contributed by atoms with E-state index >= 15 is 0 Å². The molecule has 1 saturated heterocycles. The maximum absolute atomic E-state index is 12.7. The van der Waals surface area contributed by atoms with Crippen LogP contribution in [0.2, 0.25) is 0 Å². The number of fused-ring (bicyclic) bond motifs is 1. The molecule has 4 rings (SSSR count). The van der Waals surface area contributed by atoms with Gasteiger partial charge in [-0.1, -0.05) is 18.2 Å². The van der Waals surface area contributed by atoms with Crippen LogP contribution in [-0.2, 0) is 22.4 Å². The third-order valence-corrected chi connectivity index (χ3v) is 5.83. The van der Waals surface area contributed by atoms with Gasteiger partial charge < -0.3 is 18.9 Å². The van der Waals surface area contributed by atoms with Crippen LogP contribution in [0.3, 0.4) is 0 Å². The van der Waals surface area contributed by atoms with Crippen molar-refractivity contribution in [3.8, 4) is 5.75 Å². The Bertz CT molecular complexity index is 1070. The Hall–Kier alpha value is -3.35. The predicted molar refractivity (Wildman–Crippen MR) is 118 cm³/mol. The van der Waals surface area contributed by atoms with E-state index in [-0.39, 0.29) is 18.2 Å². The number of carbonyl (C=O) groups excluding carboxylic acids is 2. The molecule has 31 heavy (non-hydrogen) atoms. The van der Waals surface area contributed by atoms with E-state index in [1.807, 2.05) is 69.9 Å². The minimum absolute atomic E-state index is 0.0615. The molecule has 1 fully saturated rings. The summed E-state index contributed by atoms with van der Waals surface area (Å²) in [6.45, 7) is 4.31. The van der Waals surface area contributed by atoms with Crippen molar-refractivity contribution >= 4 is 17.5 Å². The number of benzene rings is 1. The minimum Gasteiger partial charge on any atom is -0.497 e. The average Bonchev–Trinajstić information content (AvgIpc) is 3.21. The third-order valence-electron chi connectivity index (χ3n) is 5.83. The summed E-state index contributed by atoms with van der Waals surface area (Å²) < 4.78 is 7.12. The number of imidazole rings is 1. The number of hydrogen-bond donors (Lipinski definition) is 0. The first-order chi connectivity index (χ1) is 15.0. The molecule has 0 bridgehead atoms. The first kappa shape index (κ1) is 20.9. The average molecular weight is 421 g/mol. The Morgan fingerprint density at radius 3 is 2.32 bits per heavy atom. The summed E-state index contributed by atoms with van der Waals surface area (Å²) in [5.74, 6) is 1.01. The summed E-state index contributed by atoms with van der Waals surface area (Å²) >= 11 is 0. The molecule has 3 aromatic rings. The monoisotopic (exact) mass is 420 g/mol. The molecule has 0 radical (unpaired) electrons. The van der Waals surface area contributed by atoms with Crippen molar-refractivity contribution in [3.05, 3.63) is 65.6 Å². The van der Waals surface area contributed by atoms with Gasteiger partial charge in [0.25, 0.3) is 0 Å². The Kier molecular flexibility index (Phi) is 6.21. The maximum atomic E-state index is 12.7. The molecule has 162 valence electrons. The summed E-state index contributed by atoms with van der Waals surface area (Å²) in [7, 11) is 1.64. The number of hydrogen-bond acceptors (Lipinski definition) is 4. The van der Waals surface area contributed by atoms with Gasteiger partial charge in [0.1, 0.15) is 11.4 Å². The summed E-state index contributed by atoms with van der Waals surface area (Å²) in [5, 5.41) is 0. The van der Waals surface area contributed by atoms with E-state index in [1.165, 1.54) is 0 Å². The lowest BCUT2D eigenvalue weighted by Gasteiger charge is -2.34. The third kappa shape index (κ3) is 4.87. The van der Waals surface area contributed by atoms with Crippen LogP contribution in [0.4, 0.5) is 0 Å². The van der Waals surface area contributed by atoms with E-state index in [9.17, 15) is 9.59 Å². The fraction of sp³-hybridized carbons (Fsp3) is 0.375. The van der Waals surface area contributed by atoms with Gasteiger partial charge in [0, 0.05) is 45.0 Å². The normalized spacial score (nSPS) is 14.1. The first-order valence-corrected chi connectivity index (χ1v) is 10.6. The Balaban J connectivity index is 1.25. The molecule has 0 atom stereocenters. The van der Waals surface area contributed by atoms with Gasteiger partial charge in [0.2, 0.25) is 11.8 Å². The van der Waals surface area contributed by atoms with Crippen LogP contribution in [0.5, 0.6) is 5.75 Å². The number of amides is 2. The molecular weight excluding hydrogens is 392 g/mol. The van der Waals surface area contributed by atoms with Crippen molar-refractivity contribution in [2.45, 2.75) is 26.2 Å². The van der Waals surface area contributed by atoms with Crippen LogP contribution in [0.1, 0.15) is 23.2 Å². The van der Waals surface area contributed by atoms with Crippen LogP contribution in [-0.4, -0.2) is 64.3 Å². The van der Waals surface area contributed by atoms with E-state index in [1.54, 1.807) is 7.11 Å². The second-order valence-electron chi connectivity index (χ2n) is 7.94. The van der Waals surface area contributed by atoms with E-state index in [2.05, 4.69) is 4.98 Å². The van der Waals surface area contributed by atoms with Crippen molar-refractivity contribution in [2.24, 2.45) is 0 Å². The van der Waals surface area contributed by atoms with Gasteiger partial charge in [0.15, 0.2) is 0 Å². The lowest BCUT2D eigenvalue weighted by molar-refractivity contribution is -0.139. The van der Waals surface area contributed by atoms with E-state index < -0.39 is 0 Å². The van der Waals surface area contributed by atoms with E-state index in [0.29, 0.717) is 39.0 Å². The molecule has 1 aliphatic rings. The zero-order chi connectivity index (χ0) is 21.8. The molecule has 1 aliphatic heterocycles. The van der Waals surface area contributed by atoms with Gasteiger partial charge in [-0.2, -0.15) is 0 Å². The number of methoxy groups -OCH3 is 1. The smallest absolute Gasteiger partial charge is 0.228 e. The largest absolute Gasteiger partial charge is 0.497 e. The molecule has 0 unspecified atom stereocenters. The summed E-state index contributed by atoms with van der Waals surface area (Å²) in [6, 6.07) is 11.8. The van der Waals surface area contributed by atoms with Crippen LogP contribution < -0.4 is 4.74 Å². The molecule has 0 N–H and O–H groups in total. The molecule has 1 aromatic carbocycles. The second-order valence-corrected chi connectivity index (χ2v) is 7.94. The quantitative estimate of drug-likeness (QED) is 0.615. The van der Waals surface area contributed by atoms with Crippen LogP contribution in [0, 0.1) is 6.92 Å². The number of piperazine rings is 1. The highest BCUT2D eigenvalue weighted by Crippen LogP contribution is 2.15. The molecule has 0 aliphatic carbocycles. The van der Waals surface area contributed by atoms with Gasteiger partial charge >= 0.3 is 0 Å². The van der Waals surface area contributed by atoms with Crippen LogP contribution in [0.25, 0.3) is 5.65 Å². The Morgan fingerprint density at radius 1 is 1.00 bits per heavy atom. The Labute approximate surface area is 182 Å². The number of rotatable bonds is 6.